The molecule has 24 heavy (non-hydrogen) atoms. The second kappa shape index (κ2) is 7.59. The highest BCUT2D eigenvalue weighted by Gasteiger charge is 2.09. The zero-order valence-corrected chi connectivity index (χ0v) is 13.8. The topological polar surface area (TPSA) is 87.1 Å². The molecule has 0 saturated carbocycles. The molecule has 0 aliphatic carbocycles. The summed E-state index contributed by atoms with van der Waals surface area (Å²) in [4.78, 5) is 0. The van der Waals surface area contributed by atoms with Gasteiger partial charge in [0, 0.05) is 23.8 Å². The van der Waals surface area contributed by atoms with E-state index in [1.807, 2.05) is 60.8 Å². The number of benzene rings is 2. The lowest BCUT2D eigenvalue weighted by Crippen LogP contribution is -2.47. The molecule has 3 rings (SSSR count). The first kappa shape index (κ1) is 17.5. The molecule has 0 aliphatic heterocycles. The maximum atomic E-state index is 9.08. The van der Waals surface area contributed by atoms with Crippen LogP contribution in [0.15, 0.2) is 66.9 Å². The fourth-order valence-electron chi connectivity index (χ4n) is 2.02. The van der Waals surface area contributed by atoms with Crippen molar-refractivity contribution >= 4 is 20.9 Å². The van der Waals surface area contributed by atoms with Gasteiger partial charge in [-0.2, -0.15) is 0 Å². The average Bonchev–Trinajstić information content (AvgIpc) is 2.53. The van der Waals surface area contributed by atoms with Gasteiger partial charge in [0.25, 0.3) is 5.69 Å². The number of hydrogen-bond acceptors (Lipinski definition) is 4. The highest BCUT2D eigenvalue weighted by Crippen LogP contribution is 2.14. The monoisotopic (exact) mass is 340 g/mol. The molecular weight excluding hydrogens is 324 g/mol. The van der Waals surface area contributed by atoms with Crippen molar-refractivity contribution in [3.05, 3.63) is 78.1 Å². The number of pyridine rings is 1. The minimum Gasteiger partial charge on any atom is -0.748 e. The van der Waals surface area contributed by atoms with Crippen LogP contribution < -0.4 is 10.5 Å². The van der Waals surface area contributed by atoms with Crippen LogP contribution in [0.3, 0.4) is 0 Å². The molecule has 1 heterocycles. The third-order valence-corrected chi connectivity index (χ3v) is 2.99. The summed E-state index contributed by atoms with van der Waals surface area (Å²) in [5.41, 5.74) is 1.80. The SMILES string of the molecule is CS(=O)(=O)[O-].N[n+]1ccc2ccccc2c1C#Cc1ccccc1. The van der Waals surface area contributed by atoms with Gasteiger partial charge in [-0.05, 0) is 23.6 Å². The molecule has 0 bridgehead atoms. The molecule has 0 aliphatic rings. The van der Waals surface area contributed by atoms with Gasteiger partial charge in [0.05, 0.1) is 15.5 Å². The fourth-order valence-corrected chi connectivity index (χ4v) is 2.02. The fraction of sp³-hybridized carbons (Fsp3) is 0.0556. The second-order valence-electron chi connectivity index (χ2n) is 4.98. The molecule has 0 spiro atoms. The highest BCUT2D eigenvalue weighted by molar-refractivity contribution is 7.84. The predicted octanol–water partition coefficient (Wildman–Crippen LogP) is 1.40. The number of nitrogens with two attached hydrogens (primary N) is 1. The van der Waals surface area contributed by atoms with Crippen LogP contribution in [0, 0.1) is 11.8 Å². The molecule has 6 heteroatoms. The summed E-state index contributed by atoms with van der Waals surface area (Å²) in [7, 11) is -3.92. The van der Waals surface area contributed by atoms with E-state index in [-0.39, 0.29) is 0 Å². The van der Waals surface area contributed by atoms with E-state index in [2.05, 4.69) is 17.9 Å². The summed E-state index contributed by atoms with van der Waals surface area (Å²) in [5, 5.41) is 2.21. The molecule has 0 saturated heterocycles. The average molecular weight is 340 g/mol. The summed E-state index contributed by atoms with van der Waals surface area (Å²) in [6.45, 7) is 0. The number of aromatic nitrogens is 1. The smallest absolute Gasteiger partial charge is 0.293 e. The summed E-state index contributed by atoms with van der Waals surface area (Å²) >= 11 is 0. The number of hydrogen-bond donors (Lipinski definition) is 1. The van der Waals surface area contributed by atoms with Gasteiger partial charge in [0.2, 0.25) is 6.20 Å². The standard InChI is InChI=1S/C17H13N2.CH4O3S/c18-19-13-12-15-8-4-5-9-16(15)17(19)11-10-14-6-2-1-3-7-14;1-5(2,3)4/h1-9,12-13H,18H2;1H3,(H,2,3,4)/q+1;/p-1. The molecular formula is C18H16N2O3S. The van der Waals surface area contributed by atoms with Gasteiger partial charge in [-0.25, -0.2) is 14.3 Å². The van der Waals surface area contributed by atoms with Crippen LogP contribution in [0.2, 0.25) is 0 Å². The van der Waals surface area contributed by atoms with Crippen LogP contribution in [0.4, 0.5) is 0 Å². The molecule has 0 atom stereocenters. The Morgan fingerprint density at radius 1 is 0.958 bits per heavy atom. The Balaban J connectivity index is 0.000000368. The van der Waals surface area contributed by atoms with Gasteiger partial charge >= 0.3 is 0 Å². The molecule has 2 N–H and O–H groups in total. The molecule has 5 nitrogen and oxygen atoms in total. The molecule has 1 aromatic heterocycles. The van der Waals surface area contributed by atoms with E-state index >= 15 is 0 Å². The van der Waals surface area contributed by atoms with Crippen molar-refractivity contribution in [2.75, 3.05) is 12.1 Å². The van der Waals surface area contributed by atoms with Crippen molar-refractivity contribution in [1.82, 2.24) is 0 Å². The second-order valence-corrected chi connectivity index (χ2v) is 6.39. The Morgan fingerprint density at radius 2 is 1.54 bits per heavy atom. The third-order valence-electron chi connectivity index (χ3n) is 2.99. The first-order chi connectivity index (χ1) is 11.3. The summed E-state index contributed by atoms with van der Waals surface area (Å²) in [5.74, 6) is 12.3. The number of fused-ring (bicyclic) bond motifs is 1. The molecule has 0 fully saturated rings. The molecule has 2 aromatic carbocycles. The van der Waals surface area contributed by atoms with Crippen molar-refractivity contribution in [3.63, 3.8) is 0 Å². The molecule has 3 aromatic rings. The Kier molecular flexibility index (Phi) is 5.53. The maximum absolute atomic E-state index is 9.08. The number of nitrogens with zero attached hydrogens (tertiary/aromatic N) is 1. The lowest BCUT2D eigenvalue weighted by Gasteiger charge is -1.97. The van der Waals surface area contributed by atoms with Crippen molar-refractivity contribution in [1.29, 1.82) is 0 Å². The molecule has 0 unspecified atom stereocenters. The quantitative estimate of drug-likeness (QED) is 0.290. The van der Waals surface area contributed by atoms with Gasteiger partial charge in [-0.3, -0.25) is 0 Å². The summed E-state index contributed by atoms with van der Waals surface area (Å²) in [6, 6.07) is 20.0. The Labute approximate surface area is 141 Å². The van der Waals surface area contributed by atoms with E-state index in [0.29, 0.717) is 6.26 Å². The van der Waals surface area contributed by atoms with E-state index in [0.717, 1.165) is 22.0 Å². The summed E-state index contributed by atoms with van der Waals surface area (Å²) in [6.07, 6.45) is 2.43. The van der Waals surface area contributed by atoms with Gasteiger partial charge in [0.1, 0.15) is 0 Å². The number of nitrogen functional groups attached to an aromatic ring is 1. The normalized spacial score (nSPS) is 10.2. The first-order valence-corrected chi connectivity index (χ1v) is 8.82. The third kappa shape index (κ3) is 5.39. The van der Waals surface area contributed by atoms with E-state index in [9.17, 15) is 0 Å². The minimum absolute atomic E-state index is 0.604. The maximum Gasteiger partial charge on any atom is 0.293 e. The van der Waals surface area contributed by atoms with Crippen LogP contribution in [-0.2, 0) is 10.1 Å². The van der Waals surface area contributed by atoms with Gasteiger partial charge in [-0.1, -0.05) is 47.0 Å². The van der Waals surface area contributed by atoms with Gasteiger partial charge in [-0.15, -0.1) is 0 Å². The Bertz CT molecular complexity index is 997. The summed E-state index contributed by atoms with van der Waals surface area (Å²) < 4.78 is 28.8. The first-order valence-electron chi connectivity index (χ1n) is 7.01. The van der Waals surface area contributed by atoms with Crippen LogP contribution in [-0.4, -0.2) is 19.2 Å². The zero-order chi connectivity index (χ0) is 17.6. The molecule has 0 radical (unpaired) electrons. The van der Waals surface area contributed by atoms with E-state index in [4.69, 9.17) is 18.8 Å². The largest absolute Gasteiger partial charge is 0.748 e. The van der Waals surface area contributed by atoms with Crippen LogP contribution in [0.1, 0.15) is 11.3 Å². The zero-order valence-electron chi connectivity index (χ0n) is 13.0. The molecule has 0 amide bonds. The van der Waals surface area contributed by atoms with Gasteiger partial charge in [0.15, 0.2) is 0 Å². The van der Waals surface area contributed by atoms with Crippen LogP contribution in [0.25, 0.3) is 10.8 Å². The molecule has 122 valence electrons. The minimum atomic E-state index is -3.92. The van der Waals surface area contributed by atoms with Crippen LogP contribution >= 0.6 is 0 Å². The Hall–Kier alpha value is -2.88. The number of rotatable bonds is 0. The van der Waals surface area contributed by atoms with E-state index < -0.39 is 10.1 Å². The van der Waals surface area contributed by atoms with Crippen LogP contribution in [0.5, 0.6) is 0 Å². The van der Waals surface area contributed by atoms with Crippen molar-refractivity contribution < 1.29 is 17.6 Å². The van der Waals surface area contributed by atoms with Crippen molar-refractivity contribution in [3.8, 4) is 11.8 Å². The van der Waals surface area contributed by atoms with Gasteiger partial charge < -0.3 is 4.55 Å². The van der Waals surface area contributed by atoms with E-state index in [1.165, 1.54) is 0 Å². The lowest BCUT2D eigenvalue weighted by atomic mass is 10.1. The Morgan fingerprint density at radius 3 is 2.21 bits per heavy atom. The predicted molar refractivity (Wildman–Crippen MR) is 92.3 cm³/mol. The van der Waals surface area contributed by atoms with Crippen molar-refractivity contribution in [2.45, 2.75) is 0 Å². The highest BCUT2D eigenvalue weighted by atomic mass is 32.2. The van der Waals surface area contributed by atoms with Crippen molar-refractivity contribution in [2.24, 2.45) is 0 Å². The van der Waals surface area contributed by atoms with E-state index in [1.54, 1.807) is 4.68 Å². The lowest BCUT2D eigenvalue weighted by molar-refractivity contribution is -0.640.